The van der Waals surface area contributed by atoms with Crippen LogP contribution in [0.4, 0.5) is 0 Å². The molecule has 144 valence electrons. The standard InChI is InChI=1S/C19H23Cl2NO3.ClH/c1-23-10-4-9-22-12-14-7-8-18(19(11-14)24-2)25-13-15-16(20)5-3-6-17(15)21;/h3,5-8,11,22H,4,9-10,12-13H2,1-2H3;1H. The molecule has 0 fully saturated rings. The third-order valence-electron chi connectivity index (χ3n) is 3.69. The highest BCUT2D eigenvalue weighted by atomic mass is 35.5. The maximum atomic E-state index is 6.18. The summed E-state index contributed by atoms with van der Waals surface area (Å²) in [4.78, 5) is 0. The Kier molecular flexibility index (Phi) is 10.8. The second kappa shape index (κ2) is 12.3. The highest BCUT2D eigenvalue weighted by Gasteiger charge is 2.10. The lowest BCUT2D eigenvalue weighted by Gasteiger charge is -2.14. The van der Waals surface area contributed by atoms with E-state index >= 15 is 0 Å². The Morgan fingerprint density at radius 3 is 2.38 bits per heavy atom. The number of hydrogen-bond donors (Lipinski definition) is 1. The molecular weight excluding hydrogens is 397 g/mol. The monoisotopic (exact) mass is 419 g/mol. The minimum Gasteiger partial charge on any atom is -0.493 e. The molecule has 2 aromatic carbocycles. The summed E-state index contributed by atoms with van der Waals surface area (Å²) in [7, 11) is 3.33. The zero-order valence-corrected chi connectivity index (χ0v) is 17.2. The lowest BCUT2D eigenvalue weighted by molar-refractivity contribution is 0.194. The largest absolute Gasteiger partial charge is 0.493 e. The molecule has 0 aliphatic carbocycles. The van der Waals surface area contributed by atoms with E-state index < -0.39 is 0 Å². The lowest BCUT2D eigenvalue weighted by Crippen LogP contribution is -2.16. The maximum Gasteiger partial charge on any atom is 0.161 e. The Balaban J connectivity index is 0.00000338. The average Bonchev–Trinajstić information content (AvgIpc) is 2.61. The normalized spacial score (nSPS) is 10.3. The van der Waals surface area contributed by atoms with Gasteiger partial charge < -0.3 is 19.5 Å². The van der Waals surface area contributed by atoms with Gasteiger partial charge in [0.2, 0.25) is 0 Å². The lowest BCUT2D eigenvalue weighted by atomic mass is 10.2. The van der Waals surface area contributed by atoms with Gasteiger partial charge in [0.15, 0.2) is 11.5 Å². The smallest absolute Gasteiger partial charge is 0.161 e. The van der Waals surface area contributed by atoms with Crippen LogP contribution in [0.5, 0.6) is 11.5 Å². The van der Waals surface area contributed by atoms with Crippen molar-refractivity contribution in [3.63, 3.8) is 0 Å². The molecule has 0 amide bonds. The molecule has 4 nitrogen and oxygen atoms in total. The highest BCUT2D eigenvalue weighted by molar-refractivity contribution is 6.35. The maximum absolute atomic E-state index is 6.18. The topological polar surface area (TPSA) is 39.7 Å². The molecule has 0 aliphatic heterocycles. The number of halogens is 3. The van der Waals surface area contributed by atoms with Crippen molar-refractivity contribution in [2.45, 2.75) is 19.6 Å². The fraction of sp³-hybridized carbons (Fsp3) is 0.368. The van der Waals surface area contributed by atoms with Crippen molar-refractivity contribution in [1.82, 2.24) is 5.32 Å². The van der Waals surface area contributed by atoms with Gasteiger partial charge >= 0.3 is 0 Å². The van der Waals surface area contributed by atoms with Crippen molar-refractivity contribution >= 4 is 35.6 Å². The summed E-state index contributed by atoms with van der Waals surface area (Å²) in [5.74, 6) is 1.33. The van der Waals surface area contributed by atoms with Crippen LogP contribution in [0.2, 0.25) is 10.0 Å². The molecule has 0 radical (unpaired) electrons. The summed E-state index contributed by atoms with van der Waals surface area (Å²) < 4.78 is 16.3. The van der Waals surface area contributed by atoms with Crippen LogP contribution in [0.15, 0.2) is 36.4 Å². The summed E-state index contributed by atoms with van der Waals surface area (Å²) in [6.45, 7) is 2.70. The first-order valence-electron chi connectivity index (χ1n) is 8.08. The van der Waals surface area contributed by atoms with Crippen LogP contribution in [0.1, 0.15) is 17.5 Å². The van der Waals surface area contributed by atoms with Gasteiger partial charge in [0.25, 0.3) is 0 Å². The second-order valence-corrected chi connectivity index (χ2v) is 6.31. The minimum absolute atomic E-state index is 0. The van der Waals surface area contributed by atoms with Gasteiger partial charge in [-0.3, -0.25) is 0 Å². The summed E-state index contributed by atoms with van der Waals surface area (Å²) in [5.41, 5.74) is 1.88. The Hall–Kier alpha value is -1.17. The SMILES string of the molecule is COCCCNCc1ccc(OCc2c(Cl)cccc2Cl)c(OC)c1.Cl. The summed E-state index contributed by atoms with van der Waals surface area (Å²) >= 11 is 12.4. The van der Waals surface area contributed by atoms with Crippen LogP contribution >= 0.6 is 35.6 Å². The van der Waals surface area contributed by atoms with Crippen LogP contribution < -0.4 is 14.8 Å². The van der Waals surface area contributed by atoms with Crippen LogP contribution in [0.3, 0.4) is 0 Å². The molecule has 0 aromatic heterocycles. The Morgan fingerprint density at radius 2 is 1.73 bits per heavy atom. The van der Waals surface area contributed by atoms with Crippen LogP contribution in [-0.4, -0.2) is 27.4 Å². The van der Waals surface area contributed by atoms with Crippen molar-refractivity contribution in [2.24, 2.45) is 0 Å². The molecule has 1 N–H and O–H groups in total. The number of hydrogen-bond acceptors (Lipinski definition) is 4. The van der Waals surface area contributed by atoms with Gasteiger partial charge in [0, 0.05) is 35.9 Å². The van der Waals surface area contributed by atoms with Crippen molar-refractivity contribution < 1.29 is 14.2 Å². The predicted octanol–water partition coefficient (Wildman–Crippen LogP) is 5.13. The van der Waals surface area contributed by atoms with Crippen LogP contribution in [0, 0.1) is 0 Å². The van der Waals surface area contributed by atoms with E-state index in [2.05, 4.69) is 5.32 Å². The van der Waals surface area contributed by atoms with E-state index in [1.807, 2.05) is 24.3 Å². The Bertz CT molecular complexity index is 663. The van der Waals surface area contributed by atoms with Gasteiger partial charge in [-0.1, -0.05) is 35.3 Å². The predicted molar refractivity (Wildman–Crippen MR) is 109 cm³/mol. The first-order chi connectivity index (χ1) is 12.2. The van der Waals surface area contributed by atoms with Gasteiger partial charge in [0.1, 0.15) is 6.61 Å². The van der Waals surface area contributed by atoms with E-state index in [-0.39, 0.29) is 19.0 Å². The molecule has 2 aromatic rings. The Labute approximate surface area is 171 Å². The molecule has 0 atom stereocenters. The van der Waals surface area contributed by atoms with Gasteiger partial charge in [-0.2, -0.15) is 0 Å². The number of ether oxygens (including phenoxy) is 3. The fourth-order valence-electron chi connectivity index (χ4n) is 2.34. The summed E-state index contributed by atoms with van der Waals surface area (Å²) in [5, 5.41) is 4.54. The molecular formula is C19H24Cl3NO3. The number of benzene rings is 2. The molecule has 0 saturated heterocycles. The summed E-state index contributed by atoms with van der Waals surface area (Å²) in [6.07, 6.45) is 0.980. The molecule has 7 heteroatoms. The van der Waals surface area contributed by atoms with E-state index in [1.54, 1.807) is 26.4 Å². The van der Waals surface area contributed by atoms with E-state index in [4.69, 9.17) is 37.4 Å². The van der Waals surface area contributed by atoms with Gasteiger partial charge in [-0.15, -0.1) is 12.4 Å². The third-order valence-corrected chi connectivity index (χ3v) is 4.40. The van der Waals surface area contributed by atoms with E-state index in [0.717, 1.165) is 37.2 Å². The number of nitrogens with one attached hydrogen (secondary N) is 1. The third kappa shape index (κ3) is 6.86. The zero-order chi connectivity index (χ0) is 18.1. The van der Waals surface area contributed by atoms with Crippen molar-refractivity contribution in [2.75, 3.05) is 27.4 Å². The van der Waals surface area contributed by atoms with E-state index in [1.165, 1.54) is 0 Å². The average molecular weight is 421 g/mol. The van der Waals surface area contributed by atoms with Crippen molar-refractivity contribution in [3.05, 3.63) is 57.6 Å². The molecule has 0 saturated carbocycles. The quantitative estimate of drug-likeness (QED) is 0.541. The van der Waals surface area contributed by atoms with Crippen molar-refractivity contribution in [1.29, 1.82) is 0 Å². The van der Waals surface area contributed by atoms with Crippen molar-refractivity contribution in [3.8, 4) is 11.5 Å². The van der Waals surface area contributed by atoms with E-state index in [0.29, 0.717) is 21.5 Å². The molecule has 0 bridgehead atoms. The first kappa shape index (κ1) is 22.9. The van der Waals surface area contributed by atoms with Gasteiger partial charge in [0.05, 0.1) is 7.11 Å². The number of rotatable bonds is 10. The molecule has 0 spiro atoms. The summed E-state index contributed by atoms with van der Waals surface area (Å²) in [6, 6.07) is 11.3. The zero-order valence-electron chi connectivity index (χ0n) is 14.9. The second-order valence-electron chi connectivity index (χ2n) is 5.50. The molecule has 0 heterocycles. The first-order valence-corrected chi connectivity index (χ1v) is 8.83. The van der Waals surface area contributed by atoms with Gasteiger partial charge in [-0.25, -0.2) is 0 Å². The minimum atomic E-state index is 0. The molecule has 0 unspecified atom stereocenters. The fourth-order valence-corrected chi connectivity index (χ4v) is 2.84. The number of methoxy groups -OCH3 is 2. The van der Waals surface area contributed by atoms with Gasteiger partial charge in [-0.05, 0) is 42.8 Å². The molecule has 26 heavy (non-hydrogen) atoms. The molecule has 2 rings (SSSR count). The van der Waals surface area contributed by atoms with Crippen LogP contribution in [0.25, 0.3) is 0 Å². The Morgan fingerprint density at radius 1 is 1.00 bits per heavy atom. The van der Waals surface area contributed by atoms with E-state index in [9.17, 15) is 0 Å². The van der Waals surface area contributed by atoms with Crippen LogP contribution in [-0.2, 0) is 17.9 Å². The highest BCUT2D eigenvalue weighted by Crippen LogP contribution is 2.31. The molecule has 0 aliphatic rings.